The third-order valence-corrected chi connectivity index (χ3v) is 3.06. The van der Waals surface area contributed by atoms with Gasteiger partial charge in [-0.2, -0.15) is 0 Å². The monoisotopic (exact) mass is 304 g/mol. The van der Waals surface area contributed by atoms with E-state index < -0.39 is 0 Å². The lowest BCUT2D eigenvalue weighted by Gasteiger charge is -2.23. The summed E-state index contributed by atoms with van der Waals surface area (Å²) in [6.45, 7) is 1.89. The van der Waals surface area contributed by atoms with Crippen LogP contribution in [-0.2, 0) is 4.79 Å². The molecule has 0 aromatic heterocycles. The van der Waals surface area contributed by atoms with Gasteiger partial charge >= 0.3 is 0 Å². The standard InChI is InChI=1S/C13H17ClN2O2.ClH/c14-10-3-1-5-12(7-10)18-9-13(17)16-11-4-2-6-15-8-11;/h1,3,5,7,11,15H,2,4,6,8-9H2,(H,16,17);1H. The van der Waals surface area contributed by atoms with E-state index in [1.807, 2.05) is 0 Å². The predicted molar refractivity (Wildman–Crippen MR) is 78.2 cm³/mol. The molecular weight excluding hydrogens is 287 g/mol. The van der Waals surface area contributed by atoms with Crippen molar-refractivity contribution in [1.82, 2.24) is 10.6 Å². The van der Waals surface area contributed by atoms with Gasteiger partial charge in [0, 0.05) is 17.6 Å². The van der Waals surface area contributed by atoms with E-state index in [4.69, 9.17) is 16.3 Å². The average Bonchev–Trinajstić information content (AvgIpc) is 2.38. The van der Waals surface area contributed by atoms with Crippen LogP contribution in [0.1, 0.15) is 12.8 Å². The Morgan fingerprint density at radius 3 is 3.05 bits per heavy atom. The van der Waals surface area contributed by atoms with Gasteiger partial charge in [0.2, 0.25) is 0 Å². The van der Waals surface area contributed by atoms with Crippen molar-refractivity contribution in [2.24, 2.45) is 0 Å². The normalized spacial score (nSPS) is 18.3. The second kappa shape index (κ2) is 8.25. The first-order valence-corrected chi connectivity index (χ1v) is 6.50. The molecule has 106 valence electrons. The molecule has 2 rings (SSSR count). The van der Waals surface area contributed by atoms with E-state index >= 15 is 0 Å². The molecule has 1 heterocycles. The maximum Gasteiger partial charge on any atom is 0.258 e. The van der Waals surface area contributed by atoms with Crippen molar-refractivity contribution < 1.29 is 9.53 Å². The summed E-state index contributed by atoms with van der Waals surface area (Å²) in [6.07, 6.45) is 2.12. The maximum atomic E-state index is 11.7. The summed E-state index contributed by atoms with van der Waals surface area (Å²) in [6, 6.07) is 7.25. The highest BCUT2D eigenvalue weighted by molar-refractivity contribution is 6.30. The Kier molecular flexibility index (Phi) is 6.99. The summed E-state index contributed by atoms with van der Waals surface area (Å²) in [5.41, 5.74) is 0. The highest BCUT2D eigenvalue weighted by Gasteiger charge is 2.15. The minimum absolute atomic E-state index is 0. The molecule has 0 bridgehead atoms. The van der Waals surface area contributed by atoms with Gasteiger partial charge in [-0.15, -0.1) is 12.4 Å². The van der Waals surface area contributed by atoms with Crippen molar-refractivity contribution in [3.63, 3.8) is 0 Å². The molecule has 1 atom stereocenters. The largest absolute Gasteiger partial charge is 0.484 e. The average molecular weight is 305 g/mol. The van der Waals surface area contributed by atoms with Crippen LogP contribution in [0, 0.1) is 0 Å². The molecule has 2 N–H and O–H groups in total. The van der Waals surface area contributed by atoms with Crippen LogP contribution in [0.2, 0.25) is 5.02 Å². The van der Waals surface area contributed by atoms with Crippen molar-refractivity contribution in [2.75, 3.05) is 19.7 Å². The lowest BCUT2D eigenvalue weighted by Crippen LogP contribution is -2.46. The summed E-state index contributed by atoms with van der Waals surface area (Å²) in [4.78, 5) is 11.7. The van der Waals surface area contributed by atoms with E-state index in [0.717, 1.165) is 25.9 Å². The predicted octanol–water partition coefficient (Wildman–Crippen LogP) is 2.01. The van der Waals surface area contributed by atoms with Gasteiger partial charge in [0.1, 0.15) is 5.75 Å². The van der Waals surface area contributed by atoms with Gasteiger partial charge in [-0.3, -0.25) is 4.79 Å². The molecule has 1 amide bonds. The van der Waals surface area contributed by atoms with Crippen LogP contribution in [-0.4, -0.2) is 31.6 Å². The fraction of sp³-hybridized carbons (Fsp3) is 0.462. The Morgan fingerprint density at radius 1 is 1.53 bits per heavy atom. The van der Waals surface area contributed by atoms with E-state index in [2.05, 4.69) is 10.6 Å². The summed E-state index contributed by atoms with van der Waals surface area (Å²) >= 11 is 5.83. The zero-order valence-electron chi connectivity index (χ0n) is 10.5. The number of hydrogen-bond donors (Lipinski definition) is 2. The molecule has 4 nitrogen and oxygen atoms in total. The Morgan fingerprint density at radius 2 is 2.37 bits per heavy atom. The minimum atomic E-state index is -0.0938. The minimum Gasteiger partial charge on any atom is -0.484 e. The van der Waals surface area contributed by atoms with Crippen LogP contribution >= 0.6 is 24.0 Å². The number of amides is 1. The first kappa shape index (κ1) is 16.1. The number of hydrogen-bond acceptors (Lipinski definition) is 3. The van der Waals surface area contributed by atoms with Crippen molar-refractivity contribution >= 4 is 29.9 Å². The molecule has 0 spiro atoms. The van der Waals surface area contributed by atoms with Crippen LogP contribution in [0.5, 0.6) is 5.75 Å². The van der Waals surface area contributed by atoms with Gasteiger partial charge in [0.25, 0.3) is 5.91 Å². The Hall–Kier alpha value is -0.970. The molecule has 1 unspecified atom stereocenters. The molecule has 1 aromatic carbocycles. The van der Waals surface area contributed by atoms with E-state index in [9.17, 15) is 4.79 Å². The van der Waals surface area contributed by atoms with Crippen molar-refractivity contribution in [1.29, 1.82) is 0 Å². The van der Waals surface area contributed by atoms with Crippen molar-refractivity contribution in [3.05, 3.63) is 29.3 Å². The van der Waals surface area contributed by atoms with Crippen molar-refractivity contribution in [3.8, 4) is 5.75 Å². The lowest BCUT2D eigenvalue weighted by molar-refractivity contribution is -0.123. The Bertz CT molecular complexity index is 409. The van der Waals surface area contributed by atoms with E-state index in [1.165, 1.54) is 0 Å². The van der Waals surface area contributed by atoms with Gasteiger partial charge in [0.15, 0.2) is 6.61 Å². The number of nitrogens with one attached hydrogen (secondary N) is 2. The number of benzene rings is 1. The van der Waals surface area contributed by atoms with Crippen LogP contribution in [0.25, 0.3) is 0 Å². The molecule has 1 saturated heterocycles. The number of ether oxygens (including phenoxy) is 1. The SMILES string of the molecule is Cl.O=C(COc1cccc(Cl)c1)NC1CCCNC1. The summed E-state index contributed by atoms with van der Waals surface area (Å²) in [5, 5.41) is 6.79. The topological polar surface area (TPSA) is 50.4 Å². The quantitative estimate of drug-likeness (QED) is 0.894. The molecule has 1 fully saturated rings. The smallest absolute Gasteiger partial charge is 0.258 e. The highest BCUT2D eigenvalue weighted by atomic mass is 35.5. The number of carbonyl (C=O) groups excluding carboxylic acids is 1. The maximum absolute atomic E-state index is 11.7. The zero-order valence-corrected chi connectivity index (χ0v) is 12.1. The third-order valence-electron chi connectivity index (χ3n) is 2.83. The molecule has 0 aliphatic carbocycles. The van der Waals surface area contributed by atoms with Gasteiger partial charge in [0.05, 0.1) is 0 Å². The van der Waals surface area contributed by atoms with Gasteiger partial charge in [-0.25, -0.2) is 0 Å². The number of piperidine rings is 1. The molecule has 6 heteroatoms. The van der Waals surface area contributed by atoms with Gasteiger partial charge in [-0.05, 0) is 37.6 Å². The molecule has 0 radical (unpaired) electrons. The summed E-state index contributed by atoms with van der Waals surface area (Å²) in [5.74, 6) is 0.517. The Labute approximate surface area is 124 Å². The van der Waals surface area contributed by atoms with Gasteiger partial charge in [-0.1, -0.05) is 17.7 Å². The van der Waals surface area contributed by atoms with Gasteiger partial charge < -0.3 is 15.4 Å². The molecule has 1 aliphatic rings. The zero-order chi connectivity index (χ0) is 12.8. The number of halogens is 2. The number of carbonyl (C=O) groups is 1. The van der Waals surface area contributed by atoms with E-state index in [1.54, 1.807) is 24.3 Å². The molecular formula is C13H18Cl2N2O2. The lowest BCUT2D eigenvalue weighted by atomic mass is 10.1. The van der Waals surface area contributed by atoms with Crippen molar-refractivity contribution in [2.45, 2.75) is 18.9 Å². The number of rotatable bonds is 4. The highest BCUT2D eigenvalue weighted by Crippen LogP contribution is 2.16. The fourth-order valence-electron chi connectivity index (χ4n) is 1.95. The molecule has 0 saturated carbocycles. The van der Waals surface area contributed by atoms with Crippen LogP contribution in [0.15, 0.2) is 24.3 Å². The summed E-state index contributed by atoms with van der Waals surface area (Å²) < 4.78 is 5.37. The Balaban J connectivity index is 0.00000180. The summed E-state index contributed by atoms with van der Waals surface area (Å²) in [7, 11) is 0. The second-order valence-corrected chi connectivity index (χ2v) is 4.79. The van der Waals surface area contributed by atoms with Crippen LogP contribution in [0.4, 0.5) is 0 Å². The van der Waals surface area contributed by atoms with E-state index in [0.29, 0.717) is 10.8 Å². The van der Waals surface area contributed by atoms with E-state index in [-0.39, 0.29) is 31.0 Å². The third kappa shape index (κ3) is 5.68. The molecule has 1 aromatic rings. The second-order valence-electron chi connectivity index (χ2n) is 4.36. The molecule has 19 heavy (non-hydrogen) atoms. The van der Waals surface area contributed by atoms with Crippen LogP contribution < -0.4 is 15.4 Å². The molecule has 1 aliphatic heterocycles. The first-order chi connectivity index (χ1) is 8.74. The van der Waals surface area contributed by atoms with Crippen LogP contribution in [0.3, 0.4) is 0 Å². The fourth-order valence-corrected chi connectivity index (χ4v) is 2.13. The first-order valence-electron chi connectivity index (χ1n) is 6.12.